The highest BCUT2D eigenvalue weighted by Crippen LogP contribution is 2.20. The van der Waals surface area contributed by atoms with E-state index < -0.39 is 16.6 Å². The molecule has 0 saturated heterocycles. The smallest absolute Gasteiger partial charge is 0.237 e. The Bertz CT molecular complexity index is 505. The average Bonchev–Trinajstić information content (AvgIpc) is 2.28. The summed E-state index contributed by atoms with van der Waals surface area (Å²) in [5.41, 5.74) is 0.602. The lowest BCUT2D eigenvalue weighted by molar-refractivity contribution is 0.319. The van der Waals surface area contributed by atoms with Gasteiger partial charge >= 0.3 is 0 Å². The first-order chi connectivity index (χ1) is 7.53. The minimum Gasteiger partial charge on any atom is -0.395 e. The first-order valence-corrected chi connectivity index (χ1v) is 6.20. The maximum atomic E-state index is 11.7. The van der Waals surface area contributed by atoms with Gasteiger partial charge in [0.2, 0.25) is 10.0 Å². The van der Waals surface area contributed by atoms with Gasteiger partial charge in [-0.3, -0.25) is 4.31 Å². The molecule has 0 saturated carbocycles. The zero-order valence-corrected chi connectivity index (χ0v) is 9.61. The maximum Gasteiger partial charge on any atom is 0.237 e. The number of aliphatic hydroxyl groups is 1. The van der Waals surface area contributed by atoms with Gasteiger partial charge in [-0.25, -0.2) is 8.42 Å². The first kappa shape index (κ1) is 12.5. The van der Waals surface area contributed by atoms with E-state index in [2.05, 4.69) is 0 Å². The topological polar surface area (TPSA) is 81.4 Å². The van der Waals surface area contributed by atoms with Crippen LogP contribution in [0.3, 0.4) is 0 Å². The number of rotatable bonds is 4. The number of hydrogen-bond donors (Lipinski definition) is 1. The summed E-state index contributed by atoms with van der Waals surface area (Å²) in [7, 11) is -2.20. The number of aliphatic hydroxyl groups excluding tert-OH is 1. The van der Waals surface area contributed by atoms with Crippen molar-refractivity contribution in [3.8, 4) is 6.07 Å². The second-order valence-electron chi connectivity index (χ2n) is 3.14. The molecule has 0 aliphatic heterocycles. The van der Waals surface area contributed by atoms with E-state index in [1.807, 2.05) is 6.07 Å². The van der Waals surface area contributed by atoms with Crippen LogP contribution in [-0.2, 0) is 10.0 Å². The van der Waals surface area contributed by atoms with Gasteiger partial charge in [0.25, 0.3) is 0 Å². The molecule has 1 N–H and O–H groups in total. The predicted molar refractivity (Wildman–Crippen MR) is 60.4 cm³/mol. The lowest BCUT2D eigenvalue weighted by Gasteiger charge is -2.19. The quantitative estimate of drug-likeness (QED) is 0.821. The molecule has 1 aromatic rings. The van der Waals surface area contributed by atoms with Gasteiger partial charge in [0, 0.05) is 7.05 Å². The molecular weight excluding hydrogens is 228 g/mol. The van der Waals surface area contributed by atoms with Crippen LogP contribution in [-0.4, -0.2) is 32.9 Å². The van der Waals surface area contributed by atoms with E-state index in [4.69, 9.17) is 10.4 Å². The second kappa shape index (κ2) is 4.96. The van der Waals surface area contributed by atoms with Crippen LogP contribution in [0.5, 0.6) is 0 Å². The largest absolute Gasteiger partial charge is 0.395 e. The number of sulfonamides is 1. The van der Waals surface area contributed by atoms with Crippen molar-refractivity contribution in [3.05, 3.63) is 29.8 Å². The lowest BCUT2D eigenvalue weighted by atomic mass is 10.2. The Morgan fingerprint density at radius 1 is 1.44 bits per heavy atom. The molecule has 0 atom stereocenters. The molecule has 16 heavy (non-hydrogen) atoms. The molecule has 0 aliphatic carbocycles. The summed E-state index contributed by atoms with van der Waals surface area (Å²) in [4.78, 5) is 0. The summed E-state index contributed by atoms with van der Waals surface area (Å²) in [6.07, 6.45) is 0. The molecule has 1 aromatic carbocycles. The normalized spacial score (nSPS) is 10.8. The van der Waals surface area contributed by atoms with Gasteiger partial charge in [0.15, 0.2) is 0 Å². The molecule has 86 valence electrons. The summed E-state index contributed by atoms with van der Waals surface area (Å²) in [6, 6.07) is 8.33. The molecule has 0 bridgehead atoms. The van der Waals surface area contributed by atoms with Gasteiger partial charge in [-0.1, -0.05) is 12.1 Å². The monoisotopic (exact) mass is 240 g/mol. The van der Waals surface area contributed by atoms with Crippen molar-refractivity contribution in [2.45, 2.75) is 0 Å². The second-order valence-corrected chi connectivity index (χ2v) is 5.26. The number of hydrogen-bond acceptors (Lipinski definition) is 4. The molecule has 0 radical (unpaired) electrons. The van der Waals surface area contributed by atoms with Crippen molar-refractivity contribution in [1.82, 2.24) is 0 Å². The van der Waals surface area contributed by atoms with Crippen molar-refractivity contribution >= 4 is 15.7 Å². The highest BCUT2D eigenvalue weighted by atomic mass is 32.2. The zero-order valence-electron chi connectivity index (χ0n) is 8.79. The predicted octanol–water partition coefficient (Wildman–Crippen LogP) is 0.317. The van der Waals surface area contributed by atoms with Gasteiger partial charge in [-0.05, 0) is 12.1 Å². The first-order valence-electron chi connectivity index (χ1n) is 4.59. The Morgan fingerprint density at radius 2 is 2.06 bits per heavy atom. The van der Waals surface area contributed by atoms with E-state index >= 15 is 0 Å². The van der Waals surface area contributed by atoms with Crippen LogP contribution in [0.15, 0.2) is 24.3 Å². The molecule has 0 fully saturated rings. The summed E-state index contributed by atoms with van der Waals surface area (Å²) in [6.45, 7) is -0.443. The Balaban J connectivity index is 3.16. The molecule has 0 heterocycles. The van der Waals surface area contributed by atoms with E-state index in [1.54, 1.807) is 24.3 Å². The van der Waals surface area contributed by atoms with Crippen molar-refractivity contribution in [1.29, 1.82) is 5.26 Å². The molecule has 6 heteroatoms. The van der Waals surface area contributed by atoms with Crippen LogP contribution in [0.4, 0.5) is 5.69 Å². The van der Waals surface area contributed by atoms with Crippen LogP contribution < -0.4 is 4.31 Å². The Labute approximate surface area is 94.6 Å². The Kier molecular flexibility index (Phi) is 3.88. The molecular formula is C10H12N2O3S. The standard InChI is InChI=1S/C10H12N2O3S/c1-12(16(14,15)7-6-13)10-5-3-2-4-9(10)8-11/h2-5,13H,6-7H2,1H3. The highest BCUT2D eigenvalue weighted by Gasteiger charge is 2.19. The number of para-hydroxylation sites is 1. The van der Waals surface area contributed by atoms with Crippen molar-refractivity contribution < 1.29 is 13.5 Å². The minimum atomic E-state index is -3.56. The van der Waals surface area contributed by atoms with E-state index in [0.717, 1.165) is 4.31 Å². The summed E-state index contributed by atoms with van der Waals surface area (Å²) >= 11 is 0. The third kappa shape index (κ3) is 2.51. The van der Waals surface area contributed by atoms with Gasteiger partial charge < -0.3 is 5.11 Å². The van der Waals surface area contributed by atoms with Crippen LogP contribution in [0.2, 0.25) is 0 Å². The summed E-state index contributed by atoms with van der Waals surface area (Å²) < 4.78 is 24.3. The van der Waals surface area contributed by atoms with Crippen molar-refractivity contribution in [2.75, 3.05) is 23.7 Å². The fourth-order valence-electron chi connectivity index (χ4n) is 1.24. The molecule has 0 aromatic heterocycles. The van der Waals surface area contributed by atoms with Gasteiger partial charge in [0.05, 0.1) is 23.6 Å². The molecule has 1 rings (SSSR count). The average molecular weight is 240 g/mol. The summed E-state index contributed by atoms with van der Waals surface area (Å²) in [5, 5.41) is 17.5. The number of nitrogens with zero attached hydrogens (tertiary/aromatic N) is 2. The van der Waals surface area contributed by atoms with Crippen LogP contribution in [0, 0.1) is 11.3 Å². The molecule has 0 spiro atoms. The van der Waals surface area contributed by atoms with E-state index in [1.165, 1.54) is 7.05 Å². The van der Waals surface area contributed by atoms with Crippen molar-refractivity contribution in [2.24, 2.45) is 0 Å². The van der Waals surface area contributed by atoms with E-state index in [-0.39, 0.29) is 11.3 Å². The molecule has 5 nitrogen and oxygen atoms in total. The summed E-state index contributed by atoms with van der Waals surface area (Å²) in [5.74, 6) is -0.358. The highest BCUT2D eigenvalue weighted by molar-refractivity contribution is 7.92. The van der Waals surface area contributed by atoms with Crippen LogP contribution >= 0.6 is 0 Å². The third-order valence-electron chi connectivity index (χ3n) is 2.13. The van der Waals surface area contributed by atoms with Crippen LogP contribution in [0.25, 0.3) is 0 Å². The fraction of sp³-hybridized carbons (Fsp3) is 0.300. The maximum absolute atomic E-state index is 11.7. The Hall–Kier alpha value is -1.58. The molecule has 0 unspecified atom stereocenters. The zero-order chi connectivity index (χ0) is 12.2. The number of anilines is 1. The van der Waals surface area contributed by atoms with Gasteiger partial charge in [-0.15, -0.1) is 0 Å². The van der Waals surface area contributed by atoms with Crippen molar-refractivity contribution in [3.63, 3.8) is 0 Å². The fourth-order valence-corrected chi connectivity index (χ4v) is 2.21. The van der Waals surface area contributed by atoms with Gasteiger partial charge in [-0.2, -0.15) is 5.26 Å². The van der Waals surface area contributed by atoms with Crippen LogP contribution in [0.1, 0.15) is 5.56 Å². The minimum absolute atomic E-state index is 0.284. The molecule has 0 amide bonds. The Morgan fingerprint density at radius 3 is 2.62 bits per heavy atom. The lowest BCUT2D eigenvalue weighted by Crippen LogP contribution is -2.30. The third-order valence-corrected chi connectivity index (χ3v) is 3.86. The SMILES string of the molecule is CN(c1ccccc1C#N)S(=O)(=O)CCO. The van der Waals surface area contributed by atoms with Gasteiger partial charge in [0.1, 0.15) is 6.07 Å². The van der Waals surface area contributed by atoms with E-state index in [9.17, 15) is 8.42 Å². The number of benzene rings is 1. The molecule has 0 aliphatic rings. The number of nitriles is 1. The van der Waals surface area contributed by atoms with E-state index in [0.29, 0.717) is 5.69 Å².